The van der Waals surface area contributed by atoms with Gasteiger partial charge in [0, 0.05) is 22.5 Å². The molecule has 21 heavy (non-hydrogen) atoms. The molecule has 0 unspecified atom stereocenters. The fourth-order valence-corrected chi connectivity index (χ4v) is 2.25. The Hall–Kier alpha value is -2.39. The number of ether oxygens (including phenoxy) is 1. The molecule has 0 N–H and O–H groups in total. The molecule has 0 aliphatic carbocycles. The van der Waals surface area contributed by atoms with E-state index >= 15 is 0 Å². The Labute approximate surface area is 130 Å². The molecule has 0 aliphatic rings. The van der Waals surface area contributed by atoms with E-state index < -0.39 is 4.92 Å². The van der Waals surface area contributed by atoms with E-state index in [-0.39, 0.29) is 12.3 Å². The van der Waals surface area contributed by atoms with Gasteiger partial charge >= 0.3 is 0 Å². The van der Waals surface area contributed by atoms with Crippen molar-refractivity contribution in [2.75, 3.05) is 6.61 Å². The van der Waals surface area contributed by atoms with Gasteiger partial charge < -0.3 is 4.74 Å². The Kier molecular flexibility index (Phi) is 4.90. The van der Waals surface area contributed by atoms with Crippen LogP contribution in [0.25, 0.3) is 0 Å². The van der Waals surface area contributed by atoms with Crippen molar-refractivity contribution < 1.29 is 9.66 Å². The van der Waals surface area contributed by atoms with Crippen LogP contribution >= 0.6 is 15.9 Å². The number of rotatable bonds is 5. The lowest BCUT2D eigenvalue weighted by Gasteiger charge is -2.08. The smallest absolute Gasteiger partial charge is 0.272 e. The van der Waals surface area contributed by atoms with Crippen LogP contribution in [0.15, 0.2) is 46.9 Å². The maximum Gasteiger partial charge on any atom is 0.272 e. The lowest BCUT2D eigenvalue weighted by molar-refractivity contribution is -0.385. The number of hydrogen-bond acceptors (Lipinski definition) is 4. The molecule has 0 fully saturated rings. The third-order valence-electron chi connectivity index (χ3n) is 2.88. The molecule has 0 radical (unpaired) electrons. The predicted molar refractivity (Wildman–Crippen MR) is 81.2 cm³/mol. The molecule has 0 bridgehead atoms. The van der Waals surface area contributed by atoms with Crippen molar-refractivity contribution in [3.63, 3.8) is 0 Å². The summed E-state index contributed by atoms with van der Waals surface area (Å²) < 4.78 is 6.35. The normalized spacial score (nSPS) is 9.90. The van der Waals surface area contributed by atoms with Gasteiger partial charge in [0.2, 0.25) is 0 Å². The molecule has 2 aromatic rings. The summed E-state index contributed by atoms with van der Waals surface area (Å²) in [5, 5.41) is 19.9. The van der Waals surface area contributed by atoms with Gasteiger partial charge in [-0.15, -0.1) is 0 Å². The van der Waals surface area contributed by atoms with Gasteiger partial charge in [-0.25, -0.2) is 0 Å². The first-order chi connectivity index (χ1) is 10.1. The van der Waals surface area contributed by atoms with Gasteiger partial charge in [0.1, 0.15) is 11.8 Å². The van der Waals surface area contributed by atoms with E-state index in [0.29, 0.717) is 23.3 Å². The average molecular weight is 347 g/mol. The number of para-hydroxylation sites is 1. The standard InChI is InChI=1S/C15H11BrN2O3/c16-13-5-6-15(12(9-13)10-17)21-8-7-11-3-1-2-4-14(11)18(19)20/h1-6,9H,7-8H2. The number of nitro benzene ring substituents is 1. The van der Waals surface area contributed by atoms with Crippen LogP contribution in [0.4, 0.5) is 5.69 Å². The van der Waals surface area contributed by atoms with E-state index in [0.717, 1.165) is 4.47 Å². The van der Waals surface area contributed by atoms with Crippen molar-refractivity contribution in [2.45, 2.75) is 6.42 Å². The van der Waals surface area contributed by atoms with E-state index in [1.165, 1.54) is 6.07 Å². The molecule has 0 heterocycles. The van der Waals surface area contributed by atoms with E-state index in [9.17, 15) is 10.1 Å². The summed E-state index contributed by atoms with van der Waals surface area (Å²) >= 11 is 3.29. The molecule has 2 rings (SSSR count). The Morgan fingerprint density at radius 3 is 2.76 bits per heavy atom. The number of nitro groups is 1. The van der Waals surface area contributed by atoms with Gasteiger partial charge in [0.15, 0.2) is 0 Å². The third kappa shape index (κ3) is 3.80. The molecular formula is C15H11BrN2O3. The monoisotopic (exact) mass is 346 g/mol. The van der Waals surface area contributed by atoms with Crippen molar-refractivity contribution in [1.29, 1.82) is 5.26 Å². The van der Waals surface area contributed by atoms with Gasteiger partial charge in [-0.1, -0.05) is 34.1 Å². The fraction of sp³-hybridized carbons (Fsp3) is 0.133. The summed E-state index contributed by atoms with van der Waals surface area (Å²) in [6.07, 6.45) is 0.401. The first-order valence-electron chi connectivity index (χ1n) is 6.16. The van der Waals surface area contributed by atoms with Crippen LogP contribution in [0.3, 0.4) is 0 Å². The lowest BCUT2D eigenvalue weighted by Crippen LogP contribution is -2.04. The number of nitriles is 1. The largest absolute Gasteiger partial charge is 0.492 e. The second kappa shape index (κ2) is 6.86. The molecule has 5 nitrogen and oxygen atoms in total. The summed E-state index contributed by atoms with van der Waals surface area (Å²) in [5.41, 5.74) is 1.11. The SMILES string of the molecule is N#Cc1cc(Br)ccc1OCCc1ccccc1[N+](=O)[O-]. The summed E-state index contributed by atoms with van der Waals surface area (Å²) in [5.74, 6) is 0.472. The quantitative estimate of drug-likeness (QED) is 0.608. The Bertz CT molecular complexity index is 710. The van der Waals surface area contributed by atoms with Crippen molar-refractivity contribution in [3.8, 4) is 11.8 Å². The highest BCUT2D eigenvalue weighted by atomic mass is 79.9. The van der Waals surface area contributed by atoms with E-state index in [4.69, 9.17) is 10.00 Å². The first kappa shape index (κ1) is 15.0. The Balaban J connectivity index is 2.06. The average Bonchev–Trinajstić information content (AvgIpc) is 2.49. The molecule has 0 atom stereocenters. The summed E-state index contributed by atoms with van der Waals surface area (Å²) in [4.78, 5) is 10.5. The molecule has 0 spiro atoms. The fourth-order valence-electron chi connectivity index (χ4n) is 1.89. The first-order valence-corrected chi connectivity index (χ1v) is 6.96. The molecular weight excluding hydrogens is 336 g/mol. The molecule has 0 saturated carbocycles. The molecule has 0 aromatic heterocycles. The topological polar surface area (TPSA) is 76.2 Å². The predicted octanol–water partition coefficient (Wildman–Crippen LogP) is 3.85. The molecule has 0 saturated heterocycles. The minimum absolute atomic E-state index is 0.0809. The van der Waals surface area contributed by atoms with Crippen LogP contribution in [0.2, 0.25) is 0 Å². The Morgan fingerprint density at radius 1 is 1.29 bits per heavy atom. The second-order valence-corrected chi connectivity index (χ2v) is 5.15. The molecule has 6 heteroatoms. The van der Waals surface area contributed by atoms with Crippen molar-refractivity contribution in [3.05, 3.63) is 68.2 Å². The maximum absolute atomic E-state index is 10.9. The van der Waals surface area contributed by atoms with Crippen molar-refractivity contribution in [2.24, 2.45) is 0 Å². The molecule has 0 aliphatic heterocycles. The zero-order chi connectivity index (χ0) is 15.2. The molecule has 0 amide bonds. The zero-order valence-corrected chi connectivity index (χ0v) is 12.5. The Morgan fingerprint density at radius 2 is 2.05 bits per heavy atom. The number of nitrogens with zero attached hydrogens (tertiary/aromatic N) is 2. The molecule has 106 valence electrons. The molecule has 2 aromatic carbocycles. The number of halogens is 1. The van der Waals surface area contributed by atoms with E-state index in [1.807, 2.05) is 0 Å². The number of benzene rings is 2. The lowest BCUT2D eigenvalue weighted by atomic mass is 10.1. The van der Waals surface area contributed by atoms with Gasteiger partial charge in [-0.3, -0.25) is 10.1 Å². The van der Waals surface area contributed by atoms with Crippen LogP contribution in [0, 0.1) is 21.4 Å². The van der Waals surface area contributed by atoms with Crippen molar-refractivity contribution in [1.82, 2.24) is 0 Å². The van der Waals surface area contributed by atoms with Crippen LogP contribution in [-0.4, -0.2) is 11.5 Å². The van der Waals surface area contributed by atoms with Gasteiger partial charge in [0.25, 0.3) is 5.69 Å². The minimum Gasteiger partial charge on any atom is -0.492 e. The van der Waals surface area contributed by atoms with Crippen molar-refractivity contribution >= 4 is 21.6 Å². The third-order valence-corrected chi connectivity index (χ3v) is 3.37. The minimum atomic E-state index is -0.407. The zero-order valence-electron chi connectivity index (χ0n) is 11.0. The summed E-state index contributed by atoms with van der Waals surface area (Å²) in [6.45, 7) is 0.265. The van der Waals surface area contributed by atoms with Crippen LogP contribution in [-0.2, 0) is 6.42 Å². The highest BCUT2D eigenvalue weighted by Gasteiger charge is 2.12. The second-order valence-electron chi connectivity index (χ2n) is 4.24. The van der Waals surface area contributed by atoms with E-state index in [2.05, 4.69) is 22.0 Å². The maximum atomic E-state index is 10.9. The van der Waals surface area contributed by atoms with Gasteiger partial charge in [-0.2, -0.15) is 5.26 Å². The highest BCUT2D eigenvalue weighted by Crippen LogP contribution is 2.23. The van der Waals surface area contributed by atoms with E-state index in [1.54, 1.807) is 36.4 Å². The van der Waals surface area contributed by atoms with Gasteiger partial charge in [0.05, 0.1) is 17.1 Å². The van der Waals surface area contributed by atoms with Crippen LogP contribution in [0.1, 0.15) is 11.1 Å². The highest BCUT2D eigenvalue weighted by molar-refractivity contribution is 9.10. The van der Waals surface area contributed by atoms with Gasteiger partial charge in [-0.05, 0) is 18.2 Å². The van der Waals surface area contributed by atoms with Crippen LogP contribution < -0.4 is 4.74 Å². The van der Waals surface area contributed by atoms with Crippen LogP contribution in [0.5, 0.6) is 5.75 Å². The number of hydrogen-bond donors (Lipinski definition) is 0. The summed E-state index contributed by atoms with van der Waals surface area (Å²) in [7, 11) is 0. The summed E-state index contributed by atoms with van der Waals surface area (Å²) in [6, 6.07) is 13.7.